The van der Waals surface area contributed by atoms with E-state index in [1.54, 1.807) is 0 Å². The molecule has 0 saturated carbocycles. The molecule has 0 spiro atoms. The molecule has 4 atom stereocenters. The Hall–Kier alpha value is -2.20. The fourth-order valence-corrected chi connectivity index (χ4v) is 3.96. The van der Waals surface area contributed by atoms with Crippen molar-refractivity contribution < 1.29 is 14.3 Å². The molecule has 1 aromatic rings. The third kappa shape index (κ3) is 3.63. The monoisotopic (exact) mass is 367 g/mol. The van der Waals surface area contributed by atoms with E-state index >= 15 is 0 Å². The van der Waals surface area contributed by atoms with E-state index < -0.39 is 11.8 Å². The Morgan fingerprint density at radius 2 is 1.33 bits per heavy atom. The summed E-state index contributed by atoms with van der Waals surface area (Å²) in [6, 6.07) is 7.73. The van der Waals surface area contributed by atoms with E-state index in [2.05, 4.69) is 13.8 Å². The van der Waals surface area contributed by atoms with E-state index in [9.17, 15) is 9.59 Å². The van der Waals surface area contributed by atoms with E-state index in [0.717, 1.165) is 11.1 Å². The number of ether oxygens (including phenoxy) is 1. The minimum atomic E-state index is -0.460. The largest absolute Gasteiger partial charge is 0.365 e. The van der Waals surface area contributed by atoms with Crippen molar-refractivity contribution in [2.75, 3.05) is 4.90 Å². The van der Waals surface area contributed by atoms with E-state index in [-0.39, 0.29) is 24.0 Å². The lowest BCUT2D eigenvalue weighted by atomic mass is 9.88. The second kappa shape index (κ2) is 7.43. The number of fused-ring (bicyclic) bond motifs is 1. The molecule has 2 aliphatic rings. The maximum Gasteiger partial charge on any atom is 0.240 e. The van der Waals surface area contributed by atoms with Crippen molar-refractivity contribution in [3.8, 4) is 0 Å². The lowest BCUT2D eigenvalue weighted by Gasteiger charge is -2.20. The summed E-state index contributed by atoms with van der Waals surface area (Å²) >= 11 is 0. The summed E-state index contributed by atoms with van der Waals surface area (Å²) in [5.74, 6) is -0.833. The summed E-state index contributed by atoms with van der Waals surface area (Å²) in [7, 11) is 0. The number of nitrogens with zero attached hydrogens (tertiary/aromatic N) is 1. The van der Waals surface area contributed by atoms with Crippen molar-refractivity contribution in [2.45, 2.75) is 59.7 Å². The molecule has 0 radical (unpaired) electrons. The predicted molar refractivity (Wildman–Crippen MR) is 108 cm³/mol. The highest BCUT2D eigenvalue weighted by atomic mass is 16.5. The molecule has 144 valence electrons. The summed E-state index contributed by atoms with van der Waals surface area (Å²) in [6.07, 6.45) is 3.20. The Morgan fingerprint density at radius 3 is 1.70 bits per heavy atom. The number of rotatable bonds is 4. The number of carbonyl (C=O) groups excluding carboxylic acids is 2. The molecule has 2 fully saturated rings. The van der Waals surface area contributed by atoms with Gasteiger partial charge >= 0.3 is 0 Å². The first-order valence-corrected chi connectivity index (χ1v) is 9.64. The van der Waals surface area contributed by atoms with Crippen LogP contribution < -0.4 is 4.90 Å². The summed E-state index contributed by atoms with van der Waals surface area (Å²) in [6.45, 7) is 12.2. The summed E-state index contributed by atoms with van der Waals surface area (Å²) in [4.78, 5) is 27.8. The molecule has 2 aliphatic heterocycles. The van der Waals surface area contributed by atoms with Crippen LogP contribution in [0.1, 0.15) is 53.0 Å². The zero-order valence-corrected chi connectivity index (χ0v) is 17.0. The molecule has 27 heavy (non-hydrogen) atoms. The molecule has 0 N–H and O–H groups in total. The first kappa shape index (κ1) is 19.6. The van der Waals surface area contributed by atoms with Crippen molar-refractivity contribution >= 4 is 17.5 Å². The number of hydrogen-bond acceptors (Lipinski definition) is 3. The number of carbonyl (C=O) groups is 2. The molecule has 0 aromatic heterocycles. The van der Waals surface area contributed by atoms with Crippen molar-refractivity contribution in [3.05, 3.63) is 53.1 Å². The molecule has 2 heterocycles. The highest BCUT2D eigenvalue weighted by Crippen LogP contribution is 2.44. The Bertz CT molecular complexity index is 753. The third-order valence-electron chi connectivity index (χ3n) is 5.23. The van der Waals surface area contributed by atoms with Crippen molar-refractivity contribution in [3.63, 3.8) is 0 Å². The van der Waals surface area contributed by atoms with Gasteiger partial charge < -0.3 is 4.74 Å². The van der Waals surface area contributed by atoms with Gasteiger partial charge in [-0.1, -0.05) is 49.3 Å². The van der Waals surface area contributed by atoms with Gasteiger partial charge in [0.25, 0.3) is 0 Å². The van der Waals surface area contributed by atoms with Gasteiger partial charge in [-0.05, 0) is 51.3 Å². The van der Waals surface area contributed by atoms with Crippen molar-refractivity contribution in [1.29, 1.82) is 0 Å². The lowest BCUT2D eigenvalue weighted by molar-refractivity contribution is -0.124. The topological polar surface area (TPSA) is 46.6 Å². The fourth-order valence-electron chi connectivity index (χ4n) is 3.96. The maximum absolute atomic E-state index is 13.2. The Labute approximate surface area is 161 Å². The number of hydrogen-bond donors (Lipinski definition) is 0. The van der Waals surface area contributed by atoms with Crippen LogP contribution in [0.4, 0.5) is 5.69 Å². The van der Waals surface area contributed by atoms with Crippen LogP contribution in [-0.4, -0.2) is 24.0 Å². The average molecular weight is 367 g/mol. The molecule has 0 aliphatic carbocycles. The second-order valence-corrected chi connectivity index (χ2v) is 8.36. The maximum atomic E-state index is 13.2. The van der Waals surface area contributed by atoms with Gasteiger partial charge in [0.2, 0.25) is 11.8 Å². The van der Waals surface area contributed by atoms with Crippen LogP contribution in [0.25, 0.3) is 0 Å². The van der Waals surface area contributed by atoms with Crippen LogP contribution in [0.3, 0.4) is 0 Å². The van der Waals surface area contributed by atoms with Crippen molar-refractivity contribution in [1.82, 2.24) is 0 Å². The molecule has 1 aromatic carbocycles. The molecule has 4 heteroatoms. The van der Waals surface area contributed by atoms with Crippen LogP contribution >= 0.6 is 0 Å². The zero-order valence-electron chi connectivity index (χ0n) is 17.0. The number of allylic oxidation sites excluding steroid dienone is 2. The number of anilines is 1. The van der Waals surface area contributed by atoms with Crippen LogP contribution in [0.2, 0.25) is 0 Å². The molecule has 4 nitrogen and oxygen atoms in total. The van der Waals surface area contributed by atoms with Crippen LogP contribution in [0.15, 0.2) is 47.6 Å². The van der Waals surface area contributed by atoms with Gasteiger partial charge in [0, 0.05) is 0 Å². The fraction of sp³-hybridized carbons (Fsp3) is 0.478. The molecule has 0 bridgehead atoms. The standard InChI is InChI=1S/C23H29NO3/c1-13(2)11-18-20-21(19(27-18)12-14(3)4)23(26)24(22(20)25)17-9-7-16(8-10-17)15(5)6/h7-12,15,18-21H,1-6H3. The van der Waals surface area contributed by atoms with E-state index in [0.29, 0.717) is 11.6 Å². The first-order valence-electron chi connectivity index (χ1n) is 9.64. The number of benzene rings is 1. The SMILES string of the molecule is CC(C)=CC1OC(C=C(C)C)C2C(=O)N(c3ccc(C(C)C)cc3)C(=O)C12. The lowest BCUT2D eigenvalue weighted by Crippen LogP contribution is -2.35. The second-order valence-electron chi connectivity index (χ2n) is 8.36. The van der Waals surface area contributed by atoms with E-state index in [1.165, 1.54) is 10.5 Å². The number of imide groups is 1. The molecule has 4 unspecified atom stereocenters. The molecular formula is C23H29NO3. The van der Waals surface area contributed by atoms with Gasteiger partial charge in [-0.25, -0.2) is 4.90 Å². The highest BCUT2D eigenvalue weighted by molar-refractivity contribution is 6.22. The normalized spacial score (nSPS) is 27.1. The molecular weight excluding hydrogens is 338 g/mol. The van der Waals surface area contributed by atoms with Gasteiger partial charge in [0.1, 0.15) is 0 Å². The zero-order chi connectivity index (χ0) is 19.9. The van der Waals surface area contributed by atoms with Gasteiger partial charge in [-0.2, -0.15) is 0 Å². The quantitative estimate of drug-likeness (QED) is 0.576. The minimum absolute atomic E-state index is 0.158. The average Bonchev–Trinajstić information content (AvgIpc) is 3.04. The smallest absolute Gasteiger partial charge is 0.240 e. The third-order valence-corrected chi connectivity index (χ3v) is 5.23. The number of amides is 2. The molecule has 2 amide bonds. The first-order chi connectivity index (χ1) is 12.7. The minimum Gasteiger partial charge on any atom is -0.365 e. The van der Waals surface area contributed by atoms with Crippen LogP contribution in [0.5, 0.6) is 0 Å². The Morgan fingerprint density at radius 1 is 0.889 bits per heavy atom. The van der Waals surface area contributed by atoms with E-state index in [4.69, 9.17) is 4.74 Å². The van der Waals surface area contributed by atoms with Crippen molar-refractivity contribution in [2.24, 2.45) is 11.8 Å². The van der Waals surface area contributed by atoms with Crippen LogP contribution in [0, 0.1) is 11.8 Å². The van der Waals surface area contributed by atoms with Gasteiger partial charge in [0.05, 0.1) is 29.7 Å². The summed E-state index contributed by atoms with van der Waals surface area (Å²) in [5.41, 5.74) is 4.00. The predicted octanol–water partition coefficient (Wildman–Crippen LogP) is 4.62. The molecule has 2 saturated heterocycles. The van der Waals surface area contributed by atoms with E-state index in [1.807, 2.05) is 64.1 Å². The van der Waals surface area contributed by atoms with Crippen LogP contribution in [-0.2, 0) is 14.3 Å². The van der Waals surface area contributed by atoms with Gasteiger partial charge in [0.15, 0.2) is 0 Å². The molecule has 3 rings (SSSR count). The Kier molecular flexibility index (Phi) is 5.38. The highest BCUT2D eigenvalue weighted by Gasteiger charge is 2.59. The van der Waals surface area contributed by atoms with Gasteiger partial charge in [-0.3, -0.25) is 9.59 Å². The Balaban J connectivity index is 1.98. The summed E-state index contributed by atoms with van der Waals surface area (Å²) in [5, 5.41) is 0. The summed E-state index contributed by atoms with van der Waals surface area (Å²) < 4.78 is 6.10. The van der Waals surface area contributed by atoms with Gasteiger partial charge in [-0.15, -0.1) is 0 Å².